The average Bonchev–Trinajstić information content (AvgIpc) is 2.36. The van der Waals surface area contributed by atoms with Gasteiger partial charge in [-0.2, -0.15) is 0 Å². The van der Waals surface area contributed by atoms with Crippen LogP contribution < -0.4 is 16.4 Å². The second-order valence-electron chi connectivity index (χ2n) is 3.82. The fourth-order valence-corrected chi connectivity index (χ4v) is 1.38. The van der Waals surface area contributed by atoms with E-state index >= 15 is 0 Å². The lowest BCUT2D eigenvalue weighted by Crippen LogP contribution is -2.40. The van der Waals surface area contributed by atoms with Crippen molar-refractivity contribution in [2.45, 2.75) is 13.0 Å². The van der Waals surface area contributed by atoms with Crippen LogP contribution >= 0.6 is 0 Å². The highest BCUT2D eigenvalue weighted by molar-refractivity contribution is 5.85. The third kappa shape index (κ3) is 4.50. The van der Waals surface area contributed by atoms with E-state index in [4.69, 9.17) is 5.73 Å². The molecule has 2 amide bonds. The Hall–Kier alpha value is -1.95. The van der Waals surface area contributed by atoms with Crippen molar-refractivity contribution in [2.24, 2.45) is 5.73 Å². The molecule has 0 fully saturated rings. The zero-order valence-electron chi connectivity index (χ0n) is 10.1. The molecule has 5 nitrogen and oxygen atoms in total. The van der Waals surface area contributed by atoms with Gasteiger partial charge in [0, 0.05) is 0 Å². The number of hydrogen-bond acceptors (Lipinski definition) is 3. The molecule has 0 heterocycles. The molecule has 98 valence electrons. The van der Waals surface area contributed by atoms with Crippen LogP contribution in [0.1, 0.15) is 18.5 Å². The minimum atomic E-state index is -0.389. The molecular formula is C12H16FN3O2. The maximum absolute atomic E-state index is 12.7. The number of nitrogens with one attached hydrogen (secondary N) is 2. The van der Waals surface area contributed by atoms with Crippen molar-refractivity contribution in [3.05, 3.63) is 35.6 Å². The first-order chi connectivity index (χ1) is 8.52. The molecule has 0 aliphatic rings. The van der Waals surface area contributed by atoms with Crippen LogP contribution in [0.3, 0.4) is 0 Å². The summed E-state index contributed by atoms with van der Waals surface area (Å²) in [6.07, 6.45) is 0. The number of halogens is 1. The van der Waals surface area contributed by atoms with Gasteiger partial charge >= 0.3 is 0 Å². The van der Waals surface area contributed by atoms with Crippen molar-refractivity contribution < 1.29 is 14.0 Å². The lowest BCUT2D eigenvalue weighted by atomic mass is 10.1. The molecule has 1 rings (SSSR count). The van der Waals surface area contributed by atoms with Gasteiger partial charge in [0.25, 0.3) is 0 Å². The van der Waals surface area contributed by atoms with Gasteiger partial charge in [-0.3, -0.25) is 9.59 Å². The Morgan fingerprint density at radius 3 is 2.44 bits per heavy atom. The molecule has 0 radical (unpaired) electrons. The Labute approximate surface area is 105 Å². The summed E-state index contributed by atoms with van der Waals surface area (Å²) < 4.78 is 12.7. The molecule has 0 spiro atoms. The Balaban J connectivity index is 2.44. The van der Waals surface area contributed by atoms with Crippen LogP contribution in [0.2, 0.25) is 0 Å². The summed E-state index contributed by atoms with van der Waals surface area (Å²) in [6.45, 7) is 1.50. The number of rotatable bonds is 5. The van der Waals surface area contributed by atoms with Gasteiger partial charge in [-0.1, -0.05) is 12.1 Å². The molecule has 1 aromatic rings. The van der Waals surface area contributed by atoms with Crippen molar-refractivity contribution in [3.63, 3.8) is 0 Å². The monoisotopic (exact) mass is 253 g/mol. The van der Waals surface area contributed by atoms with Crippen LogP contribution in [0.4, 0.5) is 4.39 Å². The van der Waals surface area contributed by atoms with Crippen LogP contribution in [-0.2, 0) is 9.59 Å². The Kier molecular flexibility index (Phi) is 5.26. The number of carbonyl (C=O) groups excluding carboxylic acids is 2. The summed E-state index contributed by atoms with van der Waals surface area (Å²) in [4.78, 5) is 22.3. The zero-order valence-corrected chi connectivity index (χ0v) is 10.1. The van der Waals surface area contributed by atoms with Crippen LogP contribution in [0.5, 0.6) is 0 Å². The number of amides is 2. The van der Waals surface area contributed by atoms with E-state index in [9.17, 15) is 14.0 Å². The maximum atomic E-state index is 12.7. The Morgan fingerprint density at radius 1 is 1.28 bits per heavy atom. The summed E-state index contributed by atoms with van der Waals surface area (Å²) in [5.41, 5.74) is 5.87. The topological polar surface area (TPSA) is 84.2 Å². The van der Waals surface area contributed by atoms with Gasteiger partial charge in [0.05, 0.1) is 19.1 Å². The summed E-state index contributed by atoms with van der Waals surface area (Å²) in [5, 5.41) is 5.04. The maximum Gasteiger partial charge on any atom is 0.239 e. The lowest BCUT2D eigenvalue weighted by molar-refractivity contribution is -0.125. The predicted molar refractivity (Wildman–Crippen MR) is 65.0 cm³/mol. The van der Waals surface area contributed by atoms with E-state index in [1.54, 1.807) is 19.1 Å². The SMILES string of the molecule is C[C@@H](NC(=O)CNC(=O)CN)c1ccc(F)cc1. The van der Waals surface area contributed by atoms with Gasteiger partial charge < -0.3 is 16.4 Å². The largest absolute Gasteiger partial charge is 0.348 e. The Morgan fingerprint density at radius 2 is 1.89 bits per heavy atom. The minimum absolute atomic E-state index is 0.123. The van der Waals surface area contributed by atoms with Crippen molar-refractivity contribution in [2.75, 3.05) is 13.1 Å². The highest BCUT2D eigenvalue weighted by Crippen LogP contribution is 2.12. The van der Waals surface area contributed by atoms with Gasteiger partial charge in [0.1, 0.15) is 5.82 Å². The van der Waals surface area contributed by atoms with Gasteiger partial charge in [0.15, 0.2) is 0 Å². The van der Waals surface area contributed by atoms with Crippen LogP contribution in [-0.4, -0.2) is 24.9 Å². The number of hydrogen-bond donors (Lipinski definition) is 3. The summed E-state index contributed by atoms with van der Waals surface area (Å²) in [6, 6.07) is 5.59. The molecule has 0 aliphatic carbocycles. The van der Waals surface area contributed by atoms with Crippen LogP contribution in [0.15, 0.2) is 24.3 Å². The quantitative estimate of drug-likeness (QED) is 0.694. The van der Waals surface area contributed by atoms with Crippen molar-refractivity contribution in [1.29, 1.82) is 0 Å². The summed E-state index contributed by atoms with van der Waals surface area (Å²) in [5.74, 6) is -1.04. The predicted octanol–water partition coefficient (Wildman–Crippen LogP) is 0.0778. The average molecular weight is 253 g/mol. The summed E-state index contributed by atoms with van der Waals surface area (Å²) in [7, 11) is 0. The van der Waals surface area contributed by atoms with Crippen LogP contribution in [0.25, 0.3) is 0 Å². The zero-order chi connectivity index (χ0) is 13.5. The van der Waals surface area contributed by atoms with Gasteiger partial charge in [-0.05, 0) is 24.6 Å². The highest BCUT2D eigenvalue weighted by Gasteiger charge is 2.10. The number of nitrogens with two attached hydrogens (primary N) is 1. The first kappa shape index (κ1) is 14.1. The van der Waals surface area contributed by atoms with E-state index in [0.29, 0.717) is 0 Å². The molecule has 0 aromatic heterocycles. The van der Waals surface area contributed by atoms with Crippen LogP contribution in [0, 0.1) is 5.82 Å². The van der Waals surface area contributed by atoms with E-state index in [0.717, 1.165) is 5.56 Å². The molecule has 6 heteroatoms. The minimum Gasteiger partial charge on any atom is -0.348 e. The van der Waals surface area contributed by atoms with Gasteiger partial charge in [-0.15, -0.1) is 0 Å². The van der Waals surface area contributed by atoms with E-state index in [1.165, 1.54) is 12.1 Å². The molecule has 18 heavy (non-hydrogen) atoms. The van der Waals surface area contributed by atoms with Crippen molar-refractivity contribution in [3.8, 4) is 0 Å². The normalized spacial score (nSPS) is 11.7. The van der Waals surface area contributed by atoms with Crippen molar-refractivity contribution in [1.82, 2.24) is 10.6 Å². The first-order valence-electron chi connectivity index (χ1n) is 5.54. The van der Waals surface area contributed by atoms with Gasteiger partial charge in [-0.25, -0.2) is 4.39 Å². The number of carbonyl (C=O) groups is 2. The molecule has 0 saturated heterocycles. The molecule has 0 bridgehead atoms. The third-order valence-electron chi connectivity index (χ3n) is 2.38. The lowest BCUT2D eigenvalue weighted by Gasteiger charge is -2.14. The second-order valence-corrected chi connectivity index (χ2v) is 3.82. The Bertz CT molecular complexity index is 420. The third-order valence-corrected chi connectivity index (χ3v) is 2.38. The molecule has 1 aromatic carbocycles. The smallest absolute Gasteiger partial charge is 0.239 e. The highest BCUT2D eigenvalue weighted by atomic mass is 19.1. The van der Waals surface area contributed by atoms with Gasteiger partial charge in [0.2, 0.25) is 11.8 Å². The van der Waals surface area contributed by atoms with E-state index in [1.807, 2.05) is 0 Å². The summed E-state index contributed by atoms with van der Waals surface area (Å²) >= 11 is 0. The molecule has 0 aliphatic heterocycles. The first-order valence-corrected chi connectivity index (χ1v) is 5.54. The molecule has 1 atom stereocenters. The molecule has 4 N–H and O–H groups in total. The van der Waals surface area contributed by atoms with Crippen molar-refractivity contribution >= 4 is 11.8 Å². The van der Waals surface area contributed by atoms with E-state index in [-0.39, 0.29) is 36.8 Å². The molecular weight excluding hydrogens is 237 g/mol. The fourth-order valence-electron chi connectivity index (χ4n) is 1.38. The van der Waals surface area contributed by atoms with E-state index < -0.39 is 0 Å². The molecule has 0 saturated carbocycles. The number of benzene rings is 1. The standard InChI is InChI=1S/C12H16FN3O2/c1-8(9-2-4-10(13)5-3-9)16-12(18)7-15-11(17)6-14/h2-5,8H,6-7,14H2,1H3,(H,15,17)(H,16,18)/t8-/m1/s1. The van der Waals surface area contributed by atoms with E-state index in [2.05, 4.69) is 10.6 Å². The fraction of sp³-hybridized carbons (Fsp3) is 0.333. The second kappa shape index (κ2) is 6.70. The molecule has 0 unspecified atom stereocenters.